The Balaban J connectivity index is 1.34. The molecule has 0 radical (unpaired) electrons. The molecule has 1 atom stereocenters. The van der Waals surface area contributed by atoms with E-state index in [0.717, 1.165) is 35.3 Å². The van der Waals surface area contributed by atoms with Gasteiger partial charge in [-0.05, 0) is 84.3 Å². The molecule has 5 rings (SSSR count). The Hall–Kier alpha value is -4.18. The highest BCUT2D eigenvalue weighted by atomic mass is 35.5. The van der Waals surface area contributed by atoms with E-state index in [1.54, 1.807) is 48.4 Å². The lowest BCUT2D eigenvalue weighted by Gasteiger charge is -2.32. The molecule has 2 amide bonds. The third-order valence-electron chi connectivity index (χ3n) is 8.39. The van der Waals surface area contributed by atoms with Gasteiger partial charge in [-0.3, -0.25) is 9.59 Å². The number of halogens is 1. The van der Waals surface area contributed by atoms with Crippen molar-refractivity contribution in [3.8, 4) is 5.75 Å². The van der Waals surface area contributed by atoms with Crippen LogP contribution >= 0.6 is 11.6 Å². The van der Waals surface area contributed by atoms with E-state index in [4.69, 9.17) is 16.3 Å². The fraction of sp³-hybridized carbons (Fsp3) is 0.297. The van der Waals surface area contributed by atoms with Gasteiger partial charge in [0.2, 0.25) is 21.8 Å². The molecular weight excluding hydrogens is 634 g/mol. The Morgan fingerprint density at radius 1 is 0.830 bits per heavy atom. The van der Waals surface area contributed by atoms with E-state index < -0.39 is 16.1 Å². The first-order valence-electron chi connectivity index (χ1n) is 15.8. The van der Waals surface area contributed by atoms with Crippen LogP contribution in [0.4, 0.5) is 0 Å². The summed E-state index contributed by atoms with van der Waals surface area (Å²) >= 11 is 6.15. The standard InChI is InChI=1S/C37H40ClN3O5S/c1-46-33-18-11-29(12-19-33)23-24-39-37(43)36(31-7-3-2-4-8-31)41(27-30-9-16-32(38)17-10-30)35(42)22-15-28-13-20-34(21-14-28)47(44,45)40-25-5-6-26-40/h2-4,7-14,16-21,36H,5-6,15,22-27H2,1H3,(H,39,43)/t36-/m0/s1. The van der Waals surface area contributed by atoms with Gasteiger partial charge in [-0.2, -0.15) is 4.31 Å². The molecule has 0 aromatic heterocycles. The number of rotatable bonds is 14. The van der Waals surface area contributed by atoms with Gasteiger partial charge in [-0.1, -0.05) is 78.3 Å². The highest BCUT2D eigenvalue weighted by molar-refractivity contribution is 7.89. The number of amides is 2. The number of carbonyl (C=O) groups is 2. The maximum absolute atomic E-state index is 14.1. The molecular formula is C37H40ClN3O5S. The zero-order valence-corrected chi connectivity index (χ0v) is 28.1. The summed E-state index contributed by atoms with van der Waals surface area (Å²) in [5.41, 5.74) is 3.43. The lowest BCUT2D eigenvalue weighted by molar-refractivity contribution is -0.141. The van der Waals surface area contributed by atoms with Gasteiger partial charge in [-0.25, -0.2) is 8.42 Å². The summed E-state index contributed by atoms with van der Waals surface area (Å²) in [6.45, 7) is 1.68. The Morgan fingerprint density at radius 2 is 1.43 bits per heavy atom. The molecule has 1 fully saturated rings. The van der Waals surface area contributed by atoms with Crippen molar-refractivity contribution in [2.75, 3.05) is 26.7 Å². The van der Waals surface area contributed by atoms with Gasteiger partial charge >= 0.3 is 0 Å². The zero-order chi connectivity index (χ0) is 33.2. The third kappa shape index (κ3) is 9.00. The normalized spacial score (nSPS) is 14.0. The second kappa shape index (κ2) is 16.1. The summed E-state index contributed by atoms with van der Waals surface area (Å²) in [7, 11) is -1.90. The Labute approximate surface area is 282 Å². The second-order valence-electron chi connectivity index (χ2n) is 11.6. The number of aryl methyl sites for hydroxylation is 1. The molecule has 0 spiro atoms. The van der Waals surface area contributed by atoms with Crippen LogP contribution in [0.3, 0.4) is 0 Å². The molecule has 8 nitrogen and oxygen atoms in total. The number of ether oxygens (including phenoxy) is 1. The topological polar surface area (TPSA) is 96.0 Å². The van der Waals surface area contributed by atoms with Gasteiger partial charge in [0.15, 0.2) is 0 Å². The van der Waals surface area contributed by atoms with Crippen molar-refractivity contribution in [2.45, 2.75) is 49.6 Å². The van der Waals surface area contributed by atoms with E-state index in [2.05, 4.69) is 5.32 Å². The number of benzene rings is 4. The molecule has 4 aromatic carbocycles. The fourth-order valence-electron chi connectivity index (χ4n) is 5.74. The largest absolute Gasteiger partial charge is 0.497 e. The highest BCUT2D eigenvalue weighted by Crippen LogP contribution is 2.27. The first-order chi connectivity index (χ1) is 22.7. The van der Waals surface area contributed by atoms with E-state index in [1.807, 2.05) is 66.7 Å². The first-order valence-corrected chi connectivity index (χ1v) is 17.6. The number of hydrogen-bond donors (Lipinski definition) is 1. The molecule has 0 saturated carbocycles. The number of hydrogen-bond acceptors (Lipinski definition) is 5. The molecule has 0 unspecified atom stereocenters. The van der Waals surface area contributed by atoms with Crippen molar-refractivity contribution in [1.29, 1.82) is 0 Å². The van der Waals surface area contributed by atoms with Crippen molar-refractivity contribution in [2.24, 2.45) is 0 Å². The summed E-state index contributed by atoms with van der Waals surface area (Å²) in [6, 6.07) is 30.1. The van der Waals surface area contributed by atoms with Gasteiger partial charge < -0.3 is 15.0 Å². The van der Waals surface area contributed by atoms with Crippen LogP contribution in [-0.4, -0.2) is 56.2 Å². The molecule has 0 aliphatic carbocycles. The Kier molecular flexibility index (Phi) is 11.7. The molecule has 1 heterocycles. The first kappa shape index (κ1) is 34.2. The van der Waals surface area contributed by atoms with Crippen LogP contribution in [0.1, 0.15) is 47.6 Å². The van der Waals surface area contributed by atoms with E-state index in [1.165, 1.54) is 4.31 Å². The Bertz CT molecular complexity index is 1730. The summed E-state index contributed by atoms with van der Waals surface area (Å²) in [5, 5.41) is 3.64. The maximum atomic E-state index is 14.1. The summed E-state index contributed by atoms with van der Waals surface area (Å²) < 4.78 is 32.7. The average Bonchev–Trinajstić information content (AvgIpc) is 3.65. The van der Waals surface area contributed by atoms with Crippen LogP contribution < -0.4 is 10.1 Å². The monoisotopic (exact) mass is 673 g/mol. The van der Waals surface area contributed by atoms with E-state index >= 15 is 0 Å². The van der Waals surface area contributed by atoms with Gasteiger partial charge in [0, 0.05) is 37.6 Å². The minimum Gasteiger partial charge on any atom is -0.497 e. The van der Waals surface area contributed by atoms with E-state index in [-0.39, 0.29) is 29.7 Å². The molecule has 4 aromatic rings. The lowest BCUT2D eigenvalue weighted by Crippen LogP contribution is -2.44. The van der Waals surface area contributed by atoms with Gasteiger partial charge in [0.05, 0.1) is 12.0 Å². The predicted octanol–water partition coefficient (Wildman–Crippen LogP) is 6.19. The quantitative estimate of drug-likeness (QED) is 0.172. The second-order valence-corrected chi connectivity index (χ2v) is 14.0. The summed E-state index contributed by atoms with van der Waals surface area (Å²) in [4.78, 5) is 29.9. The van der Waals surface area contributed by atoms with Crippen molar-refractivity contribution < 1.29 is 22.7 Å². The molecule has 47 heavy (non-hydrogen) atoms. The zero-order valence-electron chi connectivity index (χ0n) is 26.5. The number of nitrogens with zero attached hydrogens (tertiary/aromatic N) is 2. The number of sulfonamides is 1. The molecule has 1 aliphatic heterocycles. The van der Waals surface area contributed by atoms with Crippen LogP contribution in [0.2, 0.25) is 5.02 Å². The number of nitrogens with one attached hydrogen (secondary N) is 1. The molecule has 1 N–H and O–H groups in total. The highest BCUT2D eigenvalue weighted by Gasteiger charge is 2.31. The minimum atomic E-state index is -3.52. The lowest BCUT2D eigenvalue weighted by atomic mass is 10.0. The van der Waals surface area contributed by atoms with Crippen molar-refractivity contribution in [3.05, 3.63) is 130 Å². The summed E-state index contributed by atoms with van der Waals surface area (Å²) in [6.07, 6.45) is 2.88. The molecule has 1 saturated heterocycles. The number of carbonyl (C=O) groups excluding carboxylic acids is 2. The van der Waals surface area contributed by atoms with Gasteiger partial charge in [0.25, 0.3) is 0 Å². The van der Waals surface area contributed by atoms with Crippen LogP contribution in [0.5, 0.6) is 5.75 Å². The average molecular weight is 674 g/mol. The smallest absolute Gasteiger partial charge is 0.247 e. The molecule has 10 heteroatoms. The summed E-state index contributed by atoms with van der Waals surface area (Å²) in [5.74, 6) is 0.290. The van der Waals surface area contributed by atoms with Crippen molar-refractivity contribution >= 4 is 33.4 Å². The van der Waals surface area contributed by atoms with Crippen LogP contribution in [0, 0.1) is 0 Å². The van der Waals surface area contributed by atoms with Crippen LogP contribution in [-0.2, 0) is 39.0 Å². The van der Waals surface area contributed by atoms with Crippen molar-refractivity contribution in [1.82, 2.24) is 14.5 Å². The van der Waals surface area contributed by atoms with Crippen LogP contribution in [0.25, 0.3) is 0 Å². The number of methoxy groups -OCH3 is 1. The molecule has 0 bridgehead atoms. The predicted molar refractivity (Wildman–Crippen MR) is 184 cm³/mol. The van der Waals surface area contributed by atoms with E-state index in [0.29, 0.717) is 43.1 Å². The SMILES string of the molecule is COc1ccc(CCNC(=O)[C@H](c2ccccc2)N(Cc2ccc(Cl)cc2)C(=O)CCc2ccc(S(=O)(=O)N3CCCC3)cc2)cc1. The molecule has 246 valence electrons. The maximum Gasteiger partial charge on any atom is 0.247 e. The minimum absolute atomic E-state index is 0.133. The third-order valence-corrected chi connectivity index (χ3v) is 10.6. The molecule has 1 aliphatic rings. The van der Waals surface area contributed by atoms with Gasteiger partial charge in [-0.15, -0.1) is 0 Å². The van der Waals surface area contributed by atoms with Crippen LogP contribution in [0.15, 0.2) is 108 Å². The Morgan fingerprint density at radius 3 is 2.06 bits per heavy atom. The van der Waals surface area contributed by atoms with E-state index in [9.17, 15) is 18.0 Å². The van der Waals surface area contributed by atoms with Crippen molar-refractivity contribution in [3.63, 3.8) is 0 Å². The fourth-order valence-corrected chi connectivity index (χ4v) is 7.38. The van der Waals surface area contributed by atoms with Gasteiger partial charge in [0.1, 0.15) is 11.8 Å².